The van der Waals surface area contributed by atoms with Crippen LogP contribution in [0.2, 0.25) is 0 Å². The van der Waals surface area contributed by atoms with Gasteiger partial charge in [-0.1, -0.05) is 29.8 Å². The van der Waals surface area contributed by atoms with E-state index < -0.39 is 0 Å². The first-order chi connectivity index (χ1) is 6.02. The second-order valence-electron chi connectivity index (χ2n) is 3.91. The number of carbonyl (C=O) groups is 1. The standard InChI is InChI=1S/C10H19BrO2/c1-4-13-9(12)5-6-10(2,3)7-8-11/h4-8H2,1-3H3. The third kappa shape index (κ3) is 7.05. The van der Waals surface area contributed by atoms with Crippen molar-refractivity contribution in [2.45, 2.75) is 40.0 Å². The molecule has 0 heterocycles. The SMILES string of the molecule is CCOC(=O)CCC(C)(C)CCBr. The molecule has 0 aromatic rings. The fourth-order valence-electron chi connectivity index (χ4n) is 1.05. The Morgan fingerprint density at radius 3 is 2.46 bits per heavy atom. The van der Waals surface area contributed by atoms with Gasteiger partial charge in [0.15, 0.2) is 0 Å². The number of esters is 1. The van der Waals surface area contributed by atoms with Crippen LogP contribution < -0.4 is 0 Å². The largest absolute Gasteiger partial charge is 0.466 e. The first-order valence-corrected chi connectivity index (χ1v) is 5.85. The maximum Gasteiger partial charge on any atom is 0.305 e. The highest BCUT2D eigenvalue weighted by Crippen LogP contribution is 2.27. The van der Waals surface area contributed by atoms with Crippen LogP contribution in [-0.4, -0.2) is 17.9 Å². The molecular formula is C10H19BrO2. The Labute approximate surface area is 89.2 Å². The van der Waals surface area contributed by atoms with E-state index in [9.17, 15) is 4.79 Å². The van der Waals surface area contributed by atoms with Crippen molar-refractivity contribution < 1.29 is 9.53 Å². The Morgan fingerprint density at radius 1 is 1.38 bits per heavy atom. The van der Waals surface area contributed by atoms with E-state index >= 15 is 0 Å². The highest BCUT2D eigenvalue weighted by molar-refractivity contribution is 9.09. The van der Waals surface area contributed by atoms with E-state index in [4.69, 9.17) is 4.74 Å². The molecule has 13 heavy (non-hydrogen) atoms. The van der Waals surface area contributed by atoms with Crippen molar-refractivity contribution in [3.8, 4) is 0 Å². The predicted molar refractivity (Wildman–Crippen MR) is 58.1 cm³/mol. The minimum Gasteiger partial charge on any atom is -0.466 e. The lowest BCUT2D eigenvalue weighted by Gasteiger charge is -2.22. The molecule has 0 N–H and O–H groups in total. The fraction of sp³-hybridized carbons (Fsp3) is 0.900. The van der Waals surface area contributed by atoms with Gasteiger partial charge in [0, 0.05) is 11.8 Å². The third-order valence-corrected chi connectivity index (χ3v) is 2.48. The molecule has 0 aliphatic carbocycles. The van der Waals surface area contributed by atoms with Crippen LogP contribution in [0.3, 0.4) is 0 Å². The monoisotopic (exact) mass is 250 g/mol. The molecule has 2 nitrogen and oxygen atoms in total. The summed E-state index contributed by atoms with van der Waals surface area (Å²) in [5.74, 6) is -0.0786. The first kappa shape index (κ1) is 12.9. The van der Waals surface area contributed by atoms with Crippen molar-refractivity contribution in [2.24, 2.45) is 5.41 Å². The van der Waals surface area contributed by atoms with Gasteiger partial charge in [0.25, 0.3) is 0 Å². The van der Waals surface area contributed by atoms with Crippen LogP contribution in [0.4, 0.5) is 0 Å². The number of halogens is 1. The topological polar surface area (TPSA) is 26.3 Å². The molecule has 0 unspecified atom stereocenters. The van der Waals surface area contributed by atoms with Crippen LogP contribution in [0.1, 0.15) is 40.0 Å². The summed E-state index contributed by atoms with van der Waals surface area (Å²) in [6.45, 7) is 6.67. The second kappa shape index (κ2) is 6.41. The number of rotatable bonds is 6. The maximum absolute atomic E-state index is 11.1. The Kier molecular flexibility index (Phi) is 6.39. The van der Waals surface area contributed by atoms with E-state index in [0.29, 0.717) is 13.0 Å². The molecule has 0 bridgehead atoms. The summed E-state index contributed by atoms with van der Waals surface area (Å²) < 4.78 is 4.86. The molecule has 78 valence electrons. The molecule has 0 fully saturated rings. The highest BCUT2D eigenvalue weighted by Gasteiger charge is 2.18. The number of hydrogen-bond acceptors (Lipinski definition) is 2. The van der Waals surface area contributed by atoms with Crippen LogP contribution in [0.25, 0.3) is 0 Å². The summed E-state index contributed by atoms with van der Waals surface area (Å²) >= 11 is 3.41. The van der Waals surface area contributed by atoms with Gasteiger partial charge in [0.05, 0.1) is 6.61 Å². The minimum absolute atomic E-state index is 0.0786. The number of carbonyl (C=O) groups excluding carboxylic acids is 1. The molecule has 0 rings (SSSR count). The van der Waals surface area contributed by atoms with Gasteiger partial charge in [-0.3, -0.25) is 4.79 Å². The molecule has 0 atom stereocenters. The predicted octanol–water partition coefficient (Wildman–Crippen LogP) is 3.14. The number of ether oxygens (including phenoxy) is 1. The molecular weight excluding hydrogens is 232 g/mol. The zero-order valence-electron chi connectivity index (χ0n) is 8.73. The normalized spacial score (nSPS) is 11.4. The van der Waals surface area contributed by atoms with Crippen LogP contribution in [0, 0.1) is 5.41 Å². The summed E-state index contributed by atoms with van der Waals surface area (Å²) in [6.07, 6.45) is 2.53. The van der Waals surface area contributed by atoms with Gasteiger partial charge in [-0.15, -0.1) is 0 Å². The molecule has 0 aliphatic rings. The Bertz CT molecular complexity index is 155. The maximum atomic E-state index is 11.1. The van der Waals surface area contributed by atoms with Crippen molar-refractivity contribution in [3.05, 3.63) is 0 Å². The van der Waals surface area contributed by atoms with Gasteiger partial charge < -0.3 is 4.74 Å². The summed E-state index contributed by atoms with van der Waals surface area (Å²) in [6, 6.07) is 0. The third-order valence-electron chi connectivity index (χ3n) is 2.08. The average Bonchev–Trinajstić information content (AvgIpc) is 2.02. The first-order valence-electron chi connectivity index (χ1n) is 4.73. The van der Waals surface area contributed by atoms with E-state index in [2.05, 4.69) is 29.8 Å². The lowest BCUT2D eigenvalue weighted by Crippen LogP contribution is -2.15. The molecule has 3 heteroatoms. The Morgan fingerprint density at radius 2 is 2.00 bits per heavy atom. The number of hydrogen-bond donors (Lipinski definition) is 0. The second-order valence-corrected chi connectivity index (χ2v) is 4.70. The molecule has 0 aromatic carbocycles. The van der Waals surface area contributed by atoms with E-state index in [0.717, 1.165) is 18.2 Å². The summed E-state index contributed by atoms with van der Waals surface area (Å²) in [5.41, 5.74) is 0.232. The van der Waals surface area contributed by atoms with Crippen molar-refractivity contribution in [2.75, 3.05) is 11.9 Å². The van der Waals surface area contributed by atoms with Gasteiger partial charge >= 0.3 is 5.97 Å². The van der Waals surface area contributed by atoms with Gasteiger partial charge in [-0.05, 0) is 25.2 Å². The average molecular weight is 251 g/mol. The smallest absolute Gasteiger partial charge is 0.305 e. The van der Waals surface area contributed by atoms with Crippen LogP contribution in [0.15, 0.2) is 0 Å². The lowest BCUT2D eigenvalue weighted by molar-refractivity contribution is -0.143. The van der Waals surface area contributed by atoms with Crippen LogP contribution in [-0.2, 0) is 9.53 Å². The molecule has 0 aliphatic heterocycles. The molecule has 0 saturated heterocycles. The molecule has 0 saturated carbocycles. The van der Waals surface area contributed by atoms with Crippen molar-refractivity contribution in [1.82, 2.24) is 0 Å². The quantitative estimate of drug-likeness (QED) is 0.535. The summed E-state index contributed by atoms with van der Waals surface area (Å²) in [4.78, 5) is 11.1. The minimum atomic E-state index is -0.0786. The van der Waals surface area contributed by atoms with Crippen LogP contribution in [0.5, 0.6) is 0 Å². The lowest BCUT2D eigenvalue weighted by atomic mass is 9.85. The van der Waals surface area contributed by atoms with Gasteiger partial charge in [-0.2, -0.15) is 0 Å². The van der Waals surface area contributed by atoms with Gasteiger partial charge in [0.1, 0.15) is 0 Å². The highest BCUT2D eigenvalue weighted by atomic mass is 79.9. The molecule has 0 spiro atoms. The Hall–Kier alpha value is -0.0500. The molecule has 0 aromatic heterocycles. The summed E-state index contributed by atoms with van der Waals surface area (Å²) in [5, 5.41) is 0.989. The van der Waals surface area contributed by atoms with E-state index in [1.54, 1.807) is 0 Å². The van der Waals surface area contributed by atoms with Crippen LogP contribution >= 0.6 is 15.9 Å². The van der Waals surface area contributed by atoms with E-state index in [1.807, 2.05) is 6.92 Å². The van der Waals surface area contributed by atoms with Crippen molar-refractivity contribution in [1.29, 1.82) is 0 Å². The van der Waals surface area contributed by atoms with E-state index in [-0.39, 0.29) is 11.4 Å². The van der Waals surface area contributed by atoms with Crippen molar-refractivity contribution in [3.63, 3.8) is 0 Å². The van der Waals surface area contributed by atoms with Crippen molar-refractivity contribution >= 4 is 21.9 Å². The zero-order valence-corrected chi connectivity index (χ0v) is 10.3. The summed E-state index contributed by atoms with van der Waals surface area (Å²) in [7, 11) is 0. The zero-order chi connectivity index (χ0) is 10.3. The van der Waals surface area contributed by atoms with Gasteiger partial charge in [-0.25, -0.2) is 0 Å². The molecule has 0 radical (unpaired) electrons. The Balaban J connectivity index is 3.67. The van der Waals surface area contributed by atoms with Gasteiger partial charge in [0.2, 0.25) is 0 Å². The number of alkyl halides is 1. The fourth-order valence-corrected chi connectivity index (χ4v) is 2.13. The van der Waals surface area contributed by atoms with E-state index in [1.165, 1.54) is 0 Å². The molecule has 0 amide bonds.